The van der Waals surface area contributed by atoms with Gasteiger partial charge in [0.25, 0.3) is 5.91 Å². The third kappa shape index (κ3) is 3.62. The summed E-state index contributed by atoms with van der Waals surface area (Å²) in [5.74, 6) is 0.249. The molecule has 2 heterocycles. The van der Waals surface area contributed by atoms with Crippen LogP contribution in [0.3, 0.4) is 0 Å². The van der Waals surface area contributed by atoms with Crippen LogP contribution in [0.5, 0.6) is 0 Å². The fraction of sp³-hybridized carbons (Fsp3) is 0.385. The first-order chi connectivity index (χ1) is 14.9. The maximum atomic E-state index is 13.9. The third-order valence-electron chi connectivity index (χ3n) is 6.30. The van der Waals surface area contributed by atoms with Crippen molar-refractivity contribution in [2.75, 3.05) is 11.4 Å². The number of anilines is 1. The van der Waals surface area contributed by atoms with Crippen LogP contribution < -0.4 is 10.2 Å². The predicted octanol–water partition coefficient (Wildman–Crippen LogP) is 4.79. The van der Waals surface area contributed by atoms with Crippen molar-refractivity contribution in [2.24, 2.45) is 5.92 Å². The minimum absolute atomic E-state index is 0.115. The summed E-state index contributed by atoms with van der Waals surface area (Å²) in [5.41, 5.74) is 2.44. The first-order valence-electron chi connectivity index (χ1n) is 11.2. The zero-order chi connectivity index (χ0) is 22.2. The molecule has 0 fully saturated rings. The highest BCUT2D eigenvalue weighted by molar-refractivity contribution is 6.14. The number of carbonyl (C=O) groups is 2. The van der Waals surface area contributed by atoms with Gasteiger partial charge >= 0.3 is 0 Å². The highest BCUT2D eigenvalue weighted by atomic mass is 16.2. The standard InChI is InChI=1S/C26H31N3O2/c1-5-19-10-6-9-13-22(19)29-24(30)23-16-20-11-7-8-12-21(20)28(23)17-26(29,4)25(31)27-15-14-18(2)3/h6-13,16,18H,5,14-15,17H2,1-4H3,(H,27,31). The van der Waals surface area contributed by atoms with E-state index in [0.717, 1.165) is 35.0 Å². The number of nitrogens with one attached hydrogen (secondary N) is 1. The molecule has 1 aliphatic heterocycles. The first kappa shape index (κ1) is 21.2. The van der Waals surface area contributed by atoms with Crippen LogP contribution in [0.2, 0.25) is 0 Å². The Kier molecular flexibility index (Phi) is 5.61. The van der Waals surface area contributed by atoms with E-state index in [9.17, 15) is 9.59 Å². The summed E-state index contributed by atoms with van der Waals surface area (Å²) in [5, 5.41) is 4.12. The maximum absolute atomic E-state index is 13.9. The summed E-state index contributed by atoms with van der Waals surface area (Å²) < 4.78 is 2.00. The van der Waals surface area contributed by atoms with E-state index in [1.54, 1.807) is 4.90 Å². The molecule has 4 rings (SSSR count). The molecule has 0 aliphatic carbocycles. The molecule has 5 heteroatoms. The SMILES string of the molecule is CCc1ccccc1N1C(=O)c2cc3ccccc3n2CC1(C)C(=O)NCCC(C)C. The molecule has 1 N–H and O–H groups in total. The minimum Gasteiger partial charge on any atom is -0.354 e. The van der Waals surface area contributed by atoms with E-state index in [1.165, 1.54) is 0 Å². The molecule has 1 atom stereocenters. The lowest BCUT2D eigenvalue weighted by Gasteiger charge is -2.44. The Bertz CT molecular complexity index is 1130. The molecule has 162 valence electrons. The second-order valence-electron chi connectivity index (χ2n) is 9.01. The fourth-order valence-corrected chi connectivity index (χ4v) is 4.52. The average molecular weight is 418 g/mol. The van der Waals surface area contributed by atoms with Gasteiger partial charge in [0.1, 0.15) is 11.2 Å². The molecule has 0 radical (unpaired) electrons. The van der Waals surface area contributed by atoms with E-state index in [-0.39, 0.29) is 11.8 Å². The van der Waals surface area contributed by atoms with Crippen molar-refractivity contribution in [1.29, 1.82) is 0 Å². The number of hydrogen-bond donors (Lipinski definition) is 1. The molecule has 0 saturated heterocycles. The van der Waals surface area contributed by atoms with Crippen molar-refractivity contribution in [1.82, 2.24) is 9.88 Å². The number of nitrogens with zero attached hydrogens (tertiary/aromatic N) is 2. The van der Waals surface area contributed by atoms with Crippen molar-refractivity contribution in [2.45, 2.75) is 52.6 Å². The summed E-state index contributed by atoms with van der Waals surface area (Å²) in [4.78, 5) is 29.2. The maximum Gasteiger partial charge on any atom is 0.275 e. The topological polar surface area (TPSA) is 54.3 Å². The molecule has 2 amide bonds. The molecule has 31 heavy (non-hydrogen) atoms. The normalized spacial score (nSPS) is 18.5. The Morgan fingerprint density at radius 3 is 2.58 bits per heavy atom. The second-order valence-corrected chi connectivity index (χ2v) is 9.01. The van der Waals surface area contributed by atoms with Crippen molar-refractivity contribution >= 4 is 28.4 Å². The number of aromatic nitrogens is 1. The number of para-hydroxylation sites is 2. The number of hydrogen-bond acceptors (Lipinski definition) is 2. The highest BCUT2D eigenvalue weighted by Gasteiger charge is 2.48. The molecular weight excluding hydrogens is 386 g/mol. The van der Waals surface area contributed by atoms with Crippen LogP contribution in [0.4, 0.5) is 5.69 Å². The summed E-state index contributed by atoms with van der Waals surface area (Å²) in [6.07, 6.45) is 1.69. The number of aryl methyl sites for hydroxylation is 1. The van der Waals surface area contributed by atoms with Gasteiger partial charge in [0.15, 0.2) is 0 Å². The van der Waals surface area contributed by atoms with Gasteiger partial charge in [-0.2, -0.15) is 0 Å². The summed E-state index contributed by atoms with van der Waals surface area (Å²) >= 11 is 0. The average Bonchev–Trinajstić information content (AvgIpc) is 3.12. The number of fused-ring (bicyclic) bond motifs is 3. The van der Waals surface area contributed by atoms with Gasteiger partial charge in [-0.1, -0.05) is 57.2 Å². The van der Waals surface area contributed by atoms with Gasteiger partial charge in [-0.3, -0.25) is 14.5 Å². The first-order valence-corrected chi connectivity index (χ1v) is 11.2. The largest absolute Gasteiger partial charge is 0.354 e. The molecule has 0 spiro atoms. The third-order valence-corrected chi connectivity index (χ3v) is 6.30. The van der Waals surface area contributed by atoms with Gasteiger partial charge in [-0.05, 0) is 49.4 Å². The van der Waals surface area contributed by atoms with E-state index in [2.05, 4.69) is 26.1 Å². The number of benzene rings is 2. The van der Waals surface area contributed by atoms with Gasteiger partial charge in [-0.25, -0.2) is 0 Å². The molecule has 0 bridgehead atoms. The summed E-state index contributed by atoms with van der Waals surface area (Å²) in [6.45, 7) is 9.25. The lowest BCUT2D eigenvalue weighted by atomic mass is 9.92. The number of rotatable bonds is 6. The Balaban J connectivity index is 1.85. The summed E-state index contributed by atoms with van der Waals surface area (Å²) in [6, 6.07) is 17.8. The van der Waals surface area contributed by atoms with E-state index in [4.69, 9.17) is 0 Å². The molecule has 5 nitrogen and oxygen atoms in total. The van der Waals surface area contributed by atoms with Crippen LogP contribution in [0, 0.1) is 5.92 Å². The lowest BCUT2D eigenvalue weighted by Crippen LogP contribution is -2.64. The monoisotopic (exact) mass is 417 g/mol. The van der Waals surface area contributed by atoms with Gasteiger partial charge in [0, 0.05) is 23.1 Å². The zero-order valence-electron chi connectivity index (χ0n) is 18.8. The van der Waals surface area contributed by atoms with Crippen molar-refractivity contribution in [3.63, 3.8) is 0 Å². The molecule has 0 saturated carbocycles. The molecule has 1 aliphatic rings. The summed E-state index contributed by atoms with van der Waals surface area (Å²) in [7, 11) is 0. The van der Waals surface area contributed by atoms with Crippen molar-refractivity contribution in [3.05, 3.63) is 65.9 Å². The molecule has 3 aromatic rings. The Morgan fingerprint density at radius 2 is 1.84 bits per heavy atom. The van der Waals surface area contributed by atoms with Crippen LogP contribution >= 0.6 is 0 Å². The molecule has 1 unspecified atom stereocenters. The highest BCUT2D eigenvalue weighted by Crippen LogP contribution is 2.37. The molecular formula is C26H31N3O2. The Labute approximate surface area is 184 Å². The molecule has 2 aromatic carbocycles. The van der Waals surface area contributed by atoms with Crippen LogP contribution in [0.25, 0.3) is 10.9 Å². The second kappa shape index (κ2) is 8.22. The smallest absolute Gasteiger partial charge is 0.275 e. The van der Waals surface area contributed by atoms with Gasteiger partial charge < -0.3 is 9.88 Å². The van der Waals surface area contributed by atoms with E-state index < -0.39 is 5.54 Å². The molecule has 1 aromatic heterocycles. The van der Waals surface area contributed by atoms with Gasteiger partial charge in [0.2, 0.25) is 5.91 Å². The van der Waals surface area contributed by atoms with E-state index >= 15 is 0 Å². The van der Waals surface area contributed by atoms with Crippen LogP contribution in [-0.2, 0) is 17.8 Å². The van der Waals surface area contributed by atoms with Crippen LogP contribution in [0.1, 0.15) is 50.2 Å². The Hall–Kier alpha value is -3.08. The van der Waals surface area contributed by atoms with Crippen LogP contribution in [-0.4, -0.2) is 28.5 Å². The van der Waals surface area contributed by atoms with Crippen molar-refractivity contribution in [3.8, 4) is 0 Å². The van der Waals surface area contributed by atoms with Crippen molar-refractivity contribution < 1.29 is 9.59 Å². The lowest BCUT2D eigenvalue weighted by molar-refractivity contribution is -0.126. The zero-order valence-corrected chi connectivity index (χ0v) is 18.8. The van der Waals surface area contributed by atoms with E-state index in [0.29, 0.717) is 24.7 Å². The quantitative estimate of drug-likeness (QED) is 0.627. The fourth-order valence-electron chi connectivity index (χ4n) is 4.52. The van der Waals surface area contributed by atoms with Gasteiger partial charge in [-0.15, -0.1) is 0 Å². The number of amides is 2. The number of carbonyl (C=O) groups excluding carboxylic acids is 2. The minimum atomic E-state index is -1.03. The predicted molar refractivity (Wildman–Crippen MR) is 125 cm³/mol. The van der Waals surface area contributed by atoms with Crippen LogP contribution in [0.15, 0.2) is 54.6 Å². The van der Waals surface area contributed by atoms with Gasteiger partial charge in [0.05, 0.1) is 6.54 Å². The van der Waals surface area contributed by atoms with E-state index in [1.807, 2.05) is 66.1 Å². The Morgan fingerprint density at radius 1 is 1.13 bits per heavy atom.